The minimum atomic E-state index is -3.74. The van der Waals surface area contributed by atoms with E-state index < -0.39 is 10.0 Å². The number of carbonyl (C=O) groups excluding carboxylic acids is 1. The number of hydrogen-bond donors (Lipinski definition) is 1. The fraction of sp³-hybridized carbons (Fsp3) is 0.588. The highest BCUT2D eigenvalue weighted by molar-refractivity contribution is 7.89. The number of sulfonamides is 1. The molecule has 0 saturated carbocycles. The van der Waals surface area contributed by atoms with Crippen molar-refractivity contribution in [1.29, 1.82) is 0 Å². The molecule has 1 aliphatic heterocycles. The van der Waals surface area contributed by atoms with E-state index in [2.05, 4.69) is 5.32 Å². The van der Waals surface area contributed by atoms with E-state index >= 15 is 0 Å². The molecule has 0 unspecified atom stereocenters. The average molecular weight is 405 g/mol. The van der Waals surface area contributed by atoms with Crippen LogP contribution in [0.1, 0.15) is 20.3 Å². The lowest BCUT2D eigenvalue weighted by atomic mass is 10.2. The minimum Gasteiger partial charge on any atom is -0.381 e. The van der Waals surface area contributed by atoms with E-state index in [4.69, 9.17) is 21.1 Å². The first-order chi connectivity index (χ1) is 12.3. The quantitative estimate of drug-likeness (QED) is 0.672. The van der Waals surface area contributed by atoms with Crippen molar-refractivity contribution in [2.24, 2.45) is 5.92 Å². The van der Waals surface area contributed by atoms with Gasteiger partial charge in [0.15, 0.2) is 0 Å². The van der Waals surface area contributed by atoms with Gasteiger partial charge in [0.25, 0.3) is 0 Å². The van der Waals surface area contributed by atoms with Gasteiger partial charge >= 0.3 is 0 Å². The molecule has 0 spiro atoms. The van der Waals surface area contributed by atoms with E-state index in [-0.39, 0.29) is 35.3 Å². The number of carbonyl (C=O) groups is 1. The van der Waals surface area contributed by atoms with Crippen molar-refractivity contribution in [1.82, 2.24) is 4.31 Å². The van der Waals surface area contributed by atoms with E-state index in [1.807, 2.05) is 13.8 Å². The van der Waals surface area contributed by atoms with Crippen molar-refractivity contribution in [3.63, 3.8) is 0 Å². The SMILES string of the molecule is CC(C)COCCC(=O)Nc1ccc(Cl)c(S(=O)(=O)N2CCOCC2)c1. The summed E-state index contributed by atoms with van der Waals surface area (Å²) in [5.74, 6) is 0.160. The molecule has 1 aromatic carbocycles. The summed E-state index contributed by atoms with van der Waals surface area (Å²) in [6, 6.07) is 4.44. The summed E-state index contributed by atoms with van der Waals surface area (Å²) in [4.78, 5) is 12.0. The van der Waals surface area contributed by atoms with Crippen molar-refractivity contribution in [2.45, 2.75) is 25.2 Å². The van der Waals surface area contributed by atoms with Crippen LogP contribution in [0.2, 0.25) is 5.02 Å². The highest BCUT2D eigenvalue weighted by Crippen LogP contribution is 2.28. The van der Waals surface area contributed by atoms with Crippen LogP contribution >= 0.6 is 11.6 Å². The lowest BCUT2D eigenvalue weighted by Gasteiger charge is -2.26. The number of nitrogens with one attached hydrogen (secondary N) is 1. The molecule has 1 fully saturated rings. The predicted octanol–water partition coefficient (Wildman–Crippen LogP) is 2.36. The Morgan fingerprint density at radius 3 is 2.69 bits per heavy atom. The Kier molecular flexibility index (Phi) is 7.85. The molecule has 1 heterocycles. The predicted molar refractivity (Wildman–Crippen MR) is 99.9 cm³/mol. The lowest BCUT2D eigenvalue weighted by Crippen LogP contribution is -2.40. The maximum Gasteiger partial charge on any atom is 0.244 e. The Labute approximate surface area is 159 Å². The maximum atomic E-state index is 12.8. The van der Waals surface area contributed by atoms with E-state index in [1.165, 1.54) is 16.4 Å². The smallest absolute Gasteiger partial charge is 0.244 e. The molecule has 0 radical (unpaired) electrons. The minimum absolute atomic E-state index is 0.0186. The van der Waals surface area contributed by atoms with E-state index in [0.717, 1.165) is 0 Å². The second-order valence-electron chi connectivity index (χ2n) is 6.43. The normalized spacial score (nSPS) is 16.0. The van der Waals surface area contributed by atoms with Crippen molar-refractivity contribution < 1.29 is 22.7 Å². The average Bonchev–Trinajstić information content (AvgIpc) is 2.61. The van der Waals surface area contributed by atoms with Gasteiger partial charge in [0.1, 0.15) is 4.90 Å². The second-order valence-corrected chi connectivity index (χ2v) is 8.74. The standard InChI is InChI=1S/C17H25ClN2O5S/c1-13(2)12-25-8-5-17(21)19-14-3-4-15(18)16(11-14)26(22,23)20-6-9-24-10-7-20/h3-4,11,13H,5-10,12H2,1-2H3,(H,19,21). The van der Waals surface area contributed by atoms with Gasteiger partial charge in [0.2, 0.25) is 15.9 Å². The Morgan fingerprint density at radius 1 is 1.35 bits per heavy atom. The van der Waals surface area contributed by atoms with Crippen LogP contribution in [0.5, 0.6) is 0 Å². The van der Waals surface area contributed by atoms with Crippen LogP contribution in [0.4, 0.5) is 5.69 Å². The first-order valence-corrected chi connectivity index (χ1v) is 10.4. The molecular formula is C17H25ClN2O5S. The molecule has 146 valence electrons. The van der Waals surface area contributed by atoms with E-state index in [0.29, 0.717) is 38.0 Å². The van der Waals surface area contributed by atoms with Gasteiger partial charge in [-0.2, -0.15) is 4.31 Å². The third kappa shape index (κ3) is 5.92. The lowest BCUT2D eigenvalue weighted by molar-refractivity contribution is -0.117. The highest BCUT2D eigenvalue weighted by Gasteiger charge is 2.28. The van der Waals surface area contributed by atoms with Crippen molar-refractivity contribution >= 4 is 33.2 Å². The Balaban J connectivity index is 2.03. The summed E-state index contributed by atoms with van der Waals surface area (Å²) in [6.45, 7) is 6.24. The van der Waals surface area contributed by atoms with Gasteiger partial charge in [0.05, 0.1) is 31.3 Å². The van der Waals surface area contributed by atoms with Crippen LogP contribution in [0.15, 0.2) is 23.1 Å². The topological polar surface area (TPSA) is 84.9 Å². The number of halogens is 1. The summed E-state index contributed by atoms with van der Waals surface area (Å²) in [5, 5.41) is 2.81. The molecule has 1 aliphatic rings. The third-order valence-electron chi connectivity index (χ3n) is 3.73. The number of anilines is 1. The van der Waals surface area contributed by atoms with E-state index in [1.54, 1.807) is 6.07 Å². The molecule has 0 bridgehead atoms. The zero-order valence-corrected chi connectivity index (χ0v) is 16.6. The van der Waals surface area contributed by atoms with Gasteiger partial charge in [-0.1, -0.05) is 25.4 Å². The van der Waals surface area contributed by atoms with Gasteiger partial charge in [-0.3, -0.25) is 4.79 Å². The van der Waals surface area contributed by atoms with Crippen molar-refractivity contribution in [2.75, 3.05) is 44.8 Å². The molecule has 0 aliphatic carbocycles. The molecule has 1 amide bonds. The molecule has 1 N–H and O–H groups in total. The summed E-state index contributed by atoms with van der Waals surface area (Å²) in [5.41, 5.74) is 0.384. The highest BCUT2D eigenvalue weighted by atomic mass is 35.5. The molecule has 9 heteroatoms. The largest absolute Gasteiger partial charge is 0.381 e. The number of benzene rings is 1. The molecule has 7 nitrogen and oxygen atoms in total. The van der Waals surface area contributed by atoms with E-state index in [9.17, 15) is 13.2 Å². The number of amides is 1. The molecule has 0 atom stereocenters. The molecule has 1 saturated heterocycles. The van der Waals surface area contributed by atoms with Crippen molar-refractivity contribution in [3.8, 4) is 0 Å². The monoisotopic (exact) mass is 404 g/mol. The molecule has 1 aromatic rings. The summed E-state index contributed by atoms with van der Waals surface area (Å²) < 4.78 is 37.5. The van der Waals surface area contributed by atoms with Crippen molar-refractivity contribution in [3.05, 3.63) is 23.2 Å². The van der Waals surface area contributed by atoms with Crippen LogP contribution in [0, 0.1) is 5.92 Å². The van der Waals surface area contributed by atoms with Gasteiger partial charge in [-0.15, -0.1) is 0 Å². The summed E-state index contributed by atoms with van der Waals surface area (Å²) in [7, 11) is -3.74. The number of nitrogens with zero attached hydrogens (tertiary/aromatic N) is 1. The first kappa shape index (κ1) is 21.1. The fourth-order valence-electron chi connectivity index (χ4n) is 2.41. The maximum absolute atomic E-state index is 12.8. The van der Waals surface area contributed by atoms with Crippen LogP contribution in [0.25, 0.3) is 0 Å². The van der Waals surface area contributed by atoms with Gasteiger partial charge < -0.3 is 14.8 Å². The third-order valence-corrected chi connectivity index (χ3v) is 6.11. The van der Waals surface area contributed by atoms with Gasteiger partial charge in [-0.25, -0.2) is 8.42 Å². The van der Waals surface area contributed by atoms with Gasteiger partial charge in [0, 0.05) is 25.4 Å². The van der Waals surface area contributed by atoms with Gasteiger partial charge in [-0.05, 0) is 24.1 Å². The van der Waals surface area contributed by atoms with Crippen LogP contribution in [-0.4, -0.2) is 58.1 Å². The zero-order chi connectivity index (χ0) is 19.2. The van der Waals surface area contributed by atoms with Crippen LogP contribution in [0.3, 0.4) is 0 Å². The Morgan fingerprint density at radius 2 is 2.04 bits per heavy atom. The Hall–Kier alpha value is -1.19. The Bertz CT molecular complexity index is 718. The number of hydrogen-bond acceptors (Lipinski definition) is 5. The second kappa shape index (κ2) is 9.66. The summed E-state index contributed by atoms with van der Waals surface area (Å²) >= 11 is 6.10. The summed E-state index contributed by atoms with van der Waals surface area (Å²) in [6.07, 6.45) is 0.195. The molecule has 2 rings (SSSR count). The number of ether oxygens (including phenoxy) is 2. The van der Waals surface area contributed by atoms with Crippen LogP contribution < -0.4 is 5.32 Å². The number of morpholine rings is 1. The number of rotatable bonds is 8. The first-order valence-electron chi connectivity index (χ1n) is 8.55. The molecule has 0 aromatic heterocycles. The fourth-order valence-corrected chi connectivity index (χ4v) is 4.32. The molecular weight excluding hydrogens is 380 g/mol. The zero-order valence-electron chi connectivity index (χ0n) is 15.0. The molecule has 26 heavy (non-hydrogen) atoms. The van der Waals surface area contributed by atoms with Crippen LogP contribution in [-0.2, 0) is 24.3 Å².